The molecule has 0 radical (unpaired) electrons. The van der Waals surface area contributed by atoms with Gasteiger partial charge in [0.25, 0.3) is 0 Å². The van der Waals surface area contributed by atoms with E-state index in [9.17, 15) is 5.11 Å². The number of aliphatic hydroxyl groups excluding tert-OH is 1. The molecule has 0 amide bonds. The summed E-state index contributed by atoms with van der Waals surface area (Å²) in [5.74, 6) is 0. The van der Waals surface area contributed by atoms with Gasteiger partial charge in [0.15, 0.2) is 0 Å². The average molecular weight is 238 g/mol. The molecule has 88 valence electrons. The third kappa shape index (κ3) is 3.60. The third-order valence-electron chi connectivity index (χ3n) is 2.62. The van der Waals surface area contributed by atoms with Crippen LogP contribution >= 0.6 is 11.3 Å². The van der Waals surface area contributed by atoms with E-state index in [1.165, 1.54) is 0 Å². The van der Waals surface area contributed by atoms with Crippen molar-refractivity contribution in [1.82, 2.24) is 5.32 Å². The number of hydrogen-bond acceptors (Lipinski definition) is 4. The lowest BCUT2D eigenvalue weighted by Crippen LogP contribution is -2.44. The highest BCUT2D eigenvalue weighted by atomic mass is 32.1. The molecule has 1 aromatic heterocycles. The van der Waals surface area contributed by atoms with Gasteiger partial charge in [-0.15, -0.1) is 11.3 Å². The zero-order valence-corrected chi connectivity index (χ0v) is 10.6. The number of nitrogens with one attached hydrogen (secondary N) is 1. The summed E-state index contributed by atoms with van der Waals surface area (Å²) >= 11 is 1.58. The zero-order chi connectivity index (χ0) is 12.0. The van der Waals surface area contributed by atoms with E-state index in [0.717, 1.165) is 17.7 Å². The molecule has 16 heavy (non-hydrogen) atoms. The Labute approximate surface area is 101 Å². The summed E-state index contributed by atoms with van der Waals surface area (Å²) in [6, 6.07) is 4.01. The number of thiophene rings is 1. The second kappa shape index (κ2) is 6.00. The van der Waals surface area contributed by atoms with E-state index < -0.39 is 0 Å². The quantitative estimate of drug-likeness (QED) is 0.799. The summed E-state index contributed by atoms with van der Waals surface area (Å²) in [4.78, 5) is 1.13. The lowest BCUT2D eigenvalue weighted by atomic mass is 9.97. The standard InChI is InChI=1S/C12H18N2OS/c1-3-4-12(2,9-15)14-7-11-5-10(6-13)8-16-11/h5,8,14-15H,3-4,7,9H2,1-2H3. The van der Waals surface area contributed by atoms with Crippen molar-refractivity contribution in [2.45, 2.75) is 38.8 Å². The molecule has 0 saturated heterocycles. The van der Waals surface area contributed by atoms with E-state index in [0.29, 0.717) is 12.1 Å². The van der Waals surface area contributed by atoms with E-state index in [4.69, 9.17) is 5.26 Å². The molecule has 0 bridgehead atoms. The Bertz CT molecular complexity index is 369. The second-order valence-corrected chi connectivity index (χ2v) is 5.23. The topological polar surface area (TPSA) is 56.0 Å². The molecule has 1 rings (SSSR count). The molecule has 1 heterocycles. The number of nitriles is 1. The molecule has 1 unspecified atom stereocenters. The molecule has 1 aromatic rings. The monoisotopic (exact) mass is 238 g/mol. The Hall–Kier alpha value is -0.890. The summed E-state index contributed by atoms with van der Waals surface area (Å²) in [6.07, 6.45) is 1.98. The summed E-state index contributed by atoms with van der Waals surface area (Å²) in [7, 11) is 0. The smallest absolute Gasteiger partial charge is 0.100 e. The molecule has 3 nitrogen and oxygen atoms in total. The fraction of sp³-hybridized carbons (Fsp3) is 0.583. The van der Waals surface area contributed by atoms with Crippen molar-refractivity contribution in [2.75, 3.05) is 6.61 Å². The van der Waals surface area contributed by atoms with Gasteiger partial charge in [0, 0.05) is 22.3 Å². The molecule has 0 fully saturated rings. The fourth-order valence-corrected chi connectivity index (χ4v) is 2.36. The van der Waals surface area contributed by atoms with Gasteiger partial charge in [-0.3, -0.25) is 0 Å². The molecule has 2 N–H and O–H groups in total. The maximum absolute atomic E-state index is 9.33. The van der Waals surface area contributed by atoms with Crippen LogP contribution in [0.25, 0.3) is 0 Å². The van der Waals surface area contributed by atoms with Crippen molar-refractivity contribution < 1.29 is 5.11 Å². The first kappa shape index (κ1) is 13.2. The van der Waals surface area contributed by atoms with Crippen LogP contribution in [0.2, 0.25) is 0 Å². The zero-order valence-electron chi connectivity index (χ0n) is 9.79. The molecule has 0 aliphatic carbocycles. The minimum Gasteiger partial charge on any atom is -0.394 e. The second-order valence-electron chi connectivity index (χ2n) is 4.24. The van der Waals surface area contributed by atoms with Gasteiger partial charge in [0.2, 0.25) is 0 Å². The number of hydrogen-bond donors (Lipinski definition) is 2. The largest absolute Gasteiger partial charge is 0.394 e. The van der Waals surface area contributed by atoms with Crippen LogP contribution in [0.3, 0.4) is 0 Å². The molecule has 0 saturated carbocycles. The Morgan fingerprint density at radius 3 is 2.88 bits per heavy atom. The van der Waals surface area contributed by atoms with Crippen molar-refractivity contribution in [3.63, 3.8) is 0 Å². The van der Waals surface area contributed by atoms with Gasteiger partial charge in [-0.05, 0) is 19.4 Å². The summed E-state index contributed by atoms with van der Waals surface area (Å²) in [5.41, 5.74) is 0.494. The number of nitrogens with zero attached hydrogens (tertiary/aromatic N) is 1. The van der Waals surface area contributed by atoms with Crippen LogP contribution in [-0.2, 0) is 6.54 Å². The molecule has 4 heteroatoms. The number of aliphatic hydroxyl groups is 1. The van der Waals surface area contributed by atoms with Crippen LogP contribution in [-0.4, -0.2) is 17.3 Å². The van der Waals surface area contributed by atoms with E-state index in [1.807, 2.05) is 18.4 Å². The van der Waals surface area contributed by atoms with Crippen LogP contribution in [0.1, 0.15) is 37.1 Å². The van der Waals surface area contributed by atoms with Crippen molar-refractivity contribution in [3.05, 3.63) is 21.9 Å². The van der Waals surface area contributed by atoms with Crippen molar-refractivity contribution in [1.29, 1.82) is 5.26 Å². The normalized spacial score (nSPS) is 14.4. The van der Waals surface area contributed by atoms with Crippen molar-refractivity contribution in [3.8, 4) is 6.07 Å². The minimum absolute atomic E-state index is 0.136. The van der Waals surface area contributed by atoms with Gasteiger partial charge < -0.3 is 10.4 Å². The predicted octanol–water partition coefficient (Wildman–Crippen LogP) is 2.26. The highest BCUT2D eigenvalue weighted by Crippen LogP contribution is 2.17. The summed E-state index contributed by atoms with van der Waals surface area (Å²) in [5, 5.41) is 23.2. The van der Waals surface area contributed by atoms with E-state index in [2.05, 4.69) is 18.3 Å². The van der Waals surface area contributed by atoms with E-state index >= 15 is 0 Å². The average Bonchev–Trinajstić information content (AvgIpc) is 2.75. The summed E-state index contributed by atoms with van der Waals surface area (Å²) < 4.78 is 0. The first-order chi connectivity index (χ1) is 7.63. The highest BCUT2D eigenvalue weighted by molar-refractivity contribution is 7.10. The molecular formula is C12H18N2OS. The number of rotatable bonds is 6. The SMILES string of the molecule is CCCC(C)(CO)NCc1cc(C#N)cs1. The van der Waals surface area contributed by atoms with E-state index in [1.54, 1.807) is 11.3 Å². The molecule has 1 atom stereocenters. The third-order valence-corrected chi connectivity index (χ3v) is 3.56. The van der Waals surface area contributed by atoms with Gasteiger partial charge in [-0.25, -0.2) is 0 Å². The van der Waals surface area contributed by atoms with Crippen LogP contribution in [0, 0.1) is 11.3 Å². The summed E-state index contributed by atoms with van der Waals surface area (Å²) in [6.45, 7) is 4.98. The Kier molecular flexibility index (Phi) is 4.94. The van der Waals surface area contributed by atoms with Gasteiger partial charge in [0.05, 0.1) is 12.2 Å². The Balaban J connectivity index is 2.52. The Morgan fingerprint density at radius 2 is 2.38 bits per heavy atom. The minimum atomic E-state index is -0.217. The van der Waals surface area contributed by atoms with Gasteiger partial charge in [-0.2, -0.15) is 5.26 Å². The Morgan fingerprint density at radius 1 is 1.62 bits per heavy atom. The first-order valence-corrected chi connectivity index (χ1v) is 6.35. The van der Waals surface area contributed by atoms with Crippen LogP contribution < -0.4 is 5.32 Å². The molecule has 0 aliphatic rings. The van der Waals surface area contributed by atoms with Gasteiger partial charge in [0.1, 0.15) is 6.07 Å². The molecule has 0 aliphatic heterocycles. The molecule has 0 aromatic carbocycles. The lowest BCUT2D eigenvalue weighted by molar-refractivity contribution is 0.163. The van der Waals surface area contributed by atoms with E-state index in [-0.39, 0.29) is 12.1 Å². The van der Waals surface area contributed by atoms with Gasteiger partial charge >= 0.3 is 0 Å². The van der Waals surface area contributed by atoms with Crippen molar-refractivity contribution in [2.24, 2.45) is 0 Å². The predicted molar refractivity (Wildman–Crippen MR) is 66.3 cm³/mol. The maximum atomic E-state index is 9.33. The first-order valence-electron chi connectivity index (χ1n) is 5.47. The van der Waals surface area contributed by atoms with Crippen molar-refractivity contribution >= 4 is 11.3 Å². The highest BCUT2D eigenvalue weighted by Gasteiger charge is 2.21. The molecule has 0 spiro atoms. The molecular weight excluding hydrogens is 220 g/mol. The van der Waals surface area contributed by atoms with Crippen LogP contribution in [0.5, 0.6) is 0 Å². The lowest BCUT2D eigenvalue weighted by Gasteiger charge is -2.28. The van der Waals surface area contributed by atoms with Crippen LogP contribution in [0.15, 0.2) is 11.4 Å². The van der Waals surface area contributed by atoms with Crippen LogP contribution in [0.4, 0.5) is 0 Å². The van der Waals surface area contributed by atoms with Gasteiger partial charge in [-0.1, -0.05) is 13.3 Å². The maximum Gasteiger partial charge on any atom is 0.100 e. The fourth-order valence-electron chi connectivity index (χ4n) is 1.61.